The van der Waals surface area contributed by atoms with Crippen LogP contribution in [0.15, 0.2) is 24.5 Å². The summed E-state index contributed by atoms with van der Waals surface area (Å²) in [7, 11) is 2.01. The van der Waals surface area contributed by atoms with Crippen LogP contribution in [0.25, 0.3) is 11.3 Å². The molecule has 0 amide bonds. The van der Waals surface area contributed by atoms with Crippen molar-refractivity contribution in [3.8, 4) is 11.3 Å². The van der Waals surface area contributed by atoms with Crippen molar-refractivity contribution in [2.24, 2.45) is 0 Å². The van der Waals surface area contributed by atoms with Crippen LogP contribution >= 0.6 is 0 Å². The van der Waals surface area contributed by atoms with Crippen LogP contribution in [0.2, 0.25) is 0 Å². The molecule has 2 N–H and O–H groups in total. The number of H-pyrrole nitrogens is 1. The van der Waals surface area contributed by atoms with E-state index in [1.54, 1.807) is 6.20 Å². The number of aryl methyl sites for hydroxylation is 1. The van der Waals surface area contributed by atoms with Crippen molar-refractivity contribution in [2.45, 2.75) is 31.6 Å². The number of nitrogens with zero attached hydrogens (tertiary/aromatic N) is 2. The first kappa shape index (κ1) is 12.4. The molecule has 0 spiro atoms. The predicted molar refractivity (Wildman–Crippen MR) is 76.0 cm³/mol. The van der Waals surface area contributed by atoms with Gasteiger partial charge in [0.05, 0.1) is 5.69 Å². The summed E-state index contributed by atoms with van der Waals surface area (Å²) in [6.45, 7) is 3.08. The van der Waals surface area contributed by atoms with Gasteiger partial charge < -0.3 is 10.3 Å². The third-order valence-electron chi connectivity index (χ3n) is 4.15. The Bertz CT molecular complexity index is 555. The van der Waals surface area contributed by atoms with Crippen molar-refractivity contribution in [3.63, 3.8) is 0 Å². The van der Waals surface area contributed by atoms with E-state index < -0.39 is 0 Å². The van der Waals surface area contributed by atoms with E-state index in [0.717, 1.165) is 29.3 Å². The largest absolute Gasteiger partial charge is 0.345 e. The molecule has 1 aliphatic rings. The fourth-order valence-electron chi connectivity index (χ4n) is 2.93. The second kappa shape index (κ2) is 4.78. The van der Waals surface area contributed by atoms with Gasteiger partial charge in [-0.25, -0.2) is 4.98 Å². The Morgan fingerprint density at radius 2 is 2.26 bits per heavy atom. The number of pyridine rings is 1. The minimum atomic E-state index is 0.208. The van der Waals surface area contributed by atoms with Crippen LogP contribution in [0, 0.1) is 6.92 Å². The van der Waals surface area contributed by atoms with E-state index in [4.69, 9.17) is 4.98 Å². The number of rotatable bonds is 4. The Morgan fingerprint density at radius 3 is 2.84 bits per heavy atom. The van der Waals surface area contributed by atoms with Crippen molar-refractivity contribution in [1.29, 1.82) is 0 Å². The molecule has 0 atom stereocenters. The Hall–Kier alpha value is -1.68. The van der Waals surface area contributed by atoms with E-state index in [-0.39, 0.29) is 5.41 Å². The lowest BCUT2D eigenvalue weighted by atomic mass is 9.68. The molecular weight excluding hydrogens is 236 g/mol. The molecule has 1 aliphatic carbocycles. The van der Waals surface area contributed by atoms with Crippen molar-refractivity contribution < 1.29 is 0 Å². The molecule has 0 radical (unpaired) electrons. The molecule has 0 aromatic carbocycles. The van der Waals surface area contributed by atoms with Crippen molar-refractivity contribution in [1.82, 2.24) is 20.3 Å². The standard InChI is InChI=1S/C15H20N4/c1-11-13(12-5-3-8-17-9-12)19-14(18-11)15(10-16-2)6-4-7-15/h3,5,8-9,16H,4,6-7,10H2,1-2H3,(H,18,19). The highest BCUT2D eigenvalue weighted by atomic mass is 15.0. The van der Waals surface area contributed by atoms with Gasteiger partial charge in [-0.1, -0.05) is 6.42 Å². The van der Waals surface area contributed by atoms with Crippen LogP contribution in [0.4, 0.5) is 0 Å². The first-order valence-corrected chi connectivity index (χ1v) is 6.87. The van der Waals surface area contributed by atoms with Gasteiger partial charge in [-0.3, -0.25) is 4.98 Å². The van der Waals surface area contributed by atoms with Crippen LogP contribution in [-0.4, -0.2) is 28.5 Å². The number of imidazole rings is 1. The zero-order valence-corrected chi connectivity index (χ0v) is 11.5. The zero-order valence-electron chi connectivity index (χ0n) is 11.5. The van der Waals surface area contributed by atoms with E-state index in [2.05, 4.69) is 28.3 Å². The van der Waals surface area contributed by atoms with Crippen LogP contribution in [0.5, 0.6) is 0 Å². The topological polar surface area (TPSA) is 53.6 Å². The summed E-state index contributed by atoms with van der Waals surface area (Å²) in [4.78, 5) is 12.5. The lowest BCUT2D eigenvalue weighted by Crippen LogP contribution is -2.43. The first-order chi connectivity index (χ1) is 9.25. The zero-order chi connectivity index (χ0) is 13.3. The maximum atomic E-state index is 4.86. The number of likely N-dealkylation sites (N-methyl/N-ethyl adjacent to an activating group) is 1. The first-order valence-electron chi connectivity index (χ1n) is 6.87. The fourth-order valence-corrected chi connectivity index (χ4v) is 2.93. The summed E-state index contributed by atoms with van der Waals surface area (Å²) >= 11 is 0. The second-order valence-electron chi connectivity index (χ2n) is 5.46. The van der Waals surface area contributed by atoms with Crippen LogP contribution in [0.1, 0.15) is 30.8 Å². The molecule has 2 aromatic rings. The van der Waals surface area contributed by atoms with Crippen LogP contribution < -0.4 is 5.32 Å². The quantitative estimate of drug-likeness (QED) is 0.883. The van der Waals surface area contributed by atoms with Crippen LogP contribution in [0.3, 0.4) is 0 Å². The van der Waals surface area contributed by atoms with E-state index in [1.807, 2.05) is 19.3 Å². The highest BCUT2D eigenvalue weighted by Gasteiger charge is 2.41. The third kappa shape index (κ3) is 2.06. The van der Waals surface area contributed by atoms with Crippen LogP contribution in [-0.2, 0) is 5.41 Å². The Labute approximate surface area is 113 Å². The molecule has 1 fully saturated rings. The molecule has 2 heterocycles. The van der Waals surface area contributed by atoms with Gasteiger partial charge in [0.1, 0.15) is 5.82 Å². The molecule has 1 saturated carbocycles. The Morgan fingerprint density at radius 1 is 1.42 bits per heavy atom. The van der Waals surface area contributed by atoms with Gasteiger partial charge in [0.2, 0.25) is 0 Å². The van der Waals surface area contributed by atoms with Crippen molar-refractivity contribution >= 4 is 0 Å². The maximum Gasteiger partial charge on any atom is 0.114 e. The van der Waals surface area contributed by atoms with E-state index in [0.29, 0.717) is 0 Å². The molecule has 19 heavy (non-hydrogen) atoms. The lowest BCUT2D eigenvalue weighted by molar-refractivity contribution is 0.226. The third-order valence-corrected chi connectivity index (χ3v) is 4.15. The van der Waals surface area contributed by atoms with Gasteiger partial charge in [0.25, 0.3) is 0 Å². The molecule has 2 aromatic heterocycles. The second-order valence-corrected chi connectivity index (χ2v) is 5.46. The number of nitrogens with one attached hydrogen (secondary N) is 2. The number of aromatic nitrogens is 3. The highest BCUT2D eigenvalue weighted by Crippen LogP contribution is 2.42. The average Bonchev–Trinajstić information content (AvgIpc) is 2.77. The molecule has 4 heteroatoms. The molecule has 4 nitrogen and oxygen atoms in total. The van der Waals surface area contributed by atoms with Crippen molar-refractivity contribution in [3.05, 3.63) is 36.0 Å². The summed E-state index contributed by atoms with van der Waals surface area (Å²) in [5.74, 6) is 1.13. The molecule has 3 rings (SSSR count). The molecular formula is C15H20N4. The van der Waals surface area contributed by atoms with Gasteiger partial charge in [-0.2, -0.15) is 0 Å². The molecule has 100 valence electrons. The summed E-state index contributed by atoms with van der Waals surface area (Å²) in [6.07, 6.45) is 7.39. The normalized spacial score (nSPS) is 17.2. The smallest absolute Gasteiger partial charge is 0.114 e. The fraction of sp³-hybridized carbons (Fsp3) is 0.467. The van der Waals surface area contributed by atoms with Crippen molar-refractivity contribution in [2.75, 3.05) is 13.6 Å². The average molecular weight is 256 g/mol. The molecule has 0 saturated heterocycles. The summed E-state index contributed by atoms with van der Waals surface area (Å²) in [5, 5.41) is 3.31. The monoisotopic (exact) mass is 256 g/mol. The predicted octanol–water partition coefficient (Wildman–Crippen LogP) is 2.42. The van der Waals surface area contributed by atoms with Gasteiger partial charge in [0.15, 0.2) is 0 Å². The Kier molecular flexibility index (Phi) is 3.11. The summed E-state index contributed by atoms with van der Waals surface area (Å²) in [6, 6.07) is 4.02. The number of aromatic amines is 1. The van der Waals surface area contributed by atoms with E-state index in [9.17, 15) is 0 Å². The summed E-state index contributed by atoms with van der Waals surface area (Å²) in [5.41, 5.74) is 3.46. The molecule has 0 aliphatic heterocycles. The van der Waals surface area contributed by atoms with E-state index >= 15 is 0 Å². The molecule has 0 bridgehead atoms. The lowest BCUT2D eigenvalue weighted by Gasteiger charge is -2.40. The number of hydrogen-bond acceptors (Lipinski definition) is 3. The molecule has 0 unspecified atom stereocenters. The SMILES string of the molecule is CNCC1(c2nc(-c3cccnc3)c(C)[nH]2)CCC1. The Balaban J connectivity index is 1.98. The van der Waals surface area contributed by atoms with Gasteiger partial charge in [-0.15, -0.1) is 0 Å². The van der Waals surface area contributed by atoms with Gasteiger partial charge >= 0.3 is 0 Å². The number of hydrogen-bond donors (Lipinski definition) is 2. The maximum absolute atomic E-state index is 4.86. The van der Waals surface area contributed by atoms with E-state index in [1.165, 1.54) is 19.3 Å². The van der Waals surface area contributed by atoms with Gasteiger partial charge in [-0.05, 0) is 38.9 Å². The summed E-state index contributed by atoms with van der Waals surface area (Å²) < 4.78 is 0. The highest BCUT2D eigenvalue weighted by molar-refractivity contribution is 5.60. The van der Waals surface area contributed by atoms with Gasteiger partial charge in [0, 0.05) is 35.6 Å². The minimum absolute atomic E-state index is 0.208. The minimum Gasteiger partial charge on any atom is -0.345 e.